The Labute approximate surface area is 496 Å². The summed E-state index contributed by atoms with van der Waals surface area (Å²) in [6.45, 7) is 3.99. The van der Waals surface area contributed by atoms with Crippen LogP contribution in [-0.2, 0) is 56.0 Å². The number of nitrogens with zero attached hydrogens (tertiary/aromatic N) is 2. The molecule has 0 fully saturated rings. The van der Waals surface area contributed by atoms with Crippen LogP contribution in [0, 0.1) is 0 Å². The Morgan fingerprint density at radius 2 is 0.562 bits per heavy atom. The summed E-state index contributed by atoms with van der Waals surface area (Å²) in [6.07, 6.45) is -24.8. The lowest BCUT2D eigenvalue weighted by atomic mass is 9.12. The highest BCUT2D eigenvalue weighted by atomic mass is 19.4. The van der Waals surface area contributed by atoms with Gasteiger partial charge in [-0.15, -0.1) is 0 Å². The van der Waals surface area contributed by atoms with Crippen LogP contribution in [0.5, 0.6) is 5.75 Å². The number of alkyl halides is 24. The smallest absolute Gasteiger partial charge is 0.416 e. The molecule has 0 aliphatic carbocycles. The first kappa shape index (κ1) is 73.1. The monoisotopic (exact) mass is 1300 g/mol. The number of rotatable bonds is 24. The number of hydrogen-bond donors (Lipinski definition) is 0. The Bertz CT molecular complexity index is 2740. The maximum absolute atomic E-state index is 14.2. The Morgan fingerprint density at radius 3 is 0.798 bits per heavy atom. The van der Waals surface area contributed by atoms with Gasteiger partial charge in [0.05, 0.1) is 63.5 Å². The molecule has 0 aliphatic heterocycles. The standard InChI is InChI=1S/C32H12BF24.C29H47N2O/c34-25(35,36)13-1-14(26(37,38)39)6-21(5-13)33(22-7-15(27(40,41)42)2-16(8-22)28(43,44)45,23-9-17(29(46,47)48)3-18(10-23)30(49,50)51)24-11-19(31(52,53)54)4-20(12-24)32(55,56)57;1-2-3-4-5-6-7-8-9-10-11-12-13-14-15-16-17-26-32-29-20-18-28(19-21-29)27-31-24-22-30-23-25-31/h1-12H;18-25H,2-17,26-27H2,1H3/q-1;+1. The van der Waals surface area contributed by atoms with Crippen molar-refractivity contribution in [3.8, 4) is 5.75 Å². The van der Waals surface area contributed by atoms with Crippen LogP contribution in [0.1, 0.15) is 160 Å². The molecule has 0 N–H and O–H groups in total. The highest BCUT2D eigenvalue weighted by Crippen LogP contribution is 2.42. The molecule has 28 heteroatoms. The van der Waals surface area contributed by atoms with E-state index >= 15 is 0 Å². The molecule has 6 aromatic rings. The van der Waals surface area contributed by atoms with E-state index in [9.17, 15) is 105 Å². The van der Waals surface area contributed by atoms with Gasteiger partial charge in [0.1, 0.15) is 11.9 Å². The summed E-state index contributed by atoms with van der Waals surface area (Å²) >= 11 is 0. The van der Waals surface area contributed by atoms with Crippen LogP contribution in [0.4, 0.5) is 105 Å². The largest absolute Gasteiger partial charge is 0.494 e. The van der Waals surface area contributed by atoms with Crippen LogP contribution in [0.3, 0.4) is 0 Å². The lowest BCUT2D eigenvalue weighted by Gasteiger charge is -2.46. The third kappa shape index (κ3) is 21.5. The first-order chi connectivity index (χ1) is 41.1. The molecule has 0 amide bonds. The summed E-state index contributed by atoms with van der Waals surface area (Å²) in [5.74, 6) is 0.981. The molecule has 1 aromatic heterocycles. The molecular formula is C61H59BF24N2O. The number of benzene rings is 5. The zero-order valence-corrected chi connectivity index (χ0v) is 47.2. The summed E-state index contributed by atoms with van der Waals surface area (Å²) in [6, 6.07) is -0.338. The molecule has 3 nitrogen and oxygen atoms in total. The molecule has 0 saturated heterocycles. The van der Waals surface area contributed by atoms with Gasteiger partial charge in [0.15, 0.2) is 18.9 Å². The van der Waals surface area contributed by atoms with Crippen LogP contribution in [-0.4, -0.2) is 17.7 Å². The number of ether oxygens (including phenoxy) is 1. The van der Waals surface area contributed by atoms with E-state index in [1.54, 1.807) is 0 Å². The van der Waals surface area contributed by atoms with E-state index in [0.29, 0.717) is 0 Å². The maximum Gasteiger partial charge on any atom is 0.416 e. The van der Waals surface area contributed by atoms with E-state index in [1.165, 1.54) is 102 Å². The third-order valence-electron chi connectivity index (χ3n) is 14.7. The molecule has 0 unspecified atom stereocenters. The van der Waals surface area contributed by atoms with Gasteiger partial charge < -0.3 is 4.74 Å². The fourth-order valence-corrected chi connectivity index (χ4v) is 10.3. The Morgan fingerprint density at radius 1 is 0.326 bits per heavy atom. The zero-order chi connectivity index (χ0) is 66.4. The van der Waals surface area contributed by atoms with E-state index in [1.807, 2.05) is 24.8 Å². The highest BCUT2D eigenvalue weighted by Gasteiger charge is 2.47. The first-order valence-corrected chi connectivity index (χ1v) is 28.0. The van der Waals surface area contributed by atoms with Gasteiger partial charge in [-0.05, 0) is 55.0 Å². The number of unbranched alkanes of at least 4 members (excludes halogenated alkanes) is 15. The second-order valence-corrected chi connectivity index (χ2v) is 21.4. The van der Waals surface area contributed by atoms with Crippen LogP contribution in [0.15, 0.2) is 122 Å². The fourth-order valence-electron chi connectivity index (χ4n) is 10.3. The van der Waals surface area contributed by atoms with Crippen LogP contribution in [0.2, 0.25) is 0 Å². The second-order valence-electron chi connectivity index (χ2n) is 21.4. The van der Waals surface area contributed by atoms with Crippen molar-refractivity contribution >= 4 is 28.0 Å². The molecule has 6 rings (SSSR count). The SMILES string of the molecule is CCCCCCCCCCCCCCCCCCOc1ccc(C[n+]2ccncc2)cc1.FC(F)(F)c1cc([B-](c2cc(C(F)(F)F)cc(C(F)(F)F)c2)(c2cc(C(F)(F)F)cc(C(F)(F)F)c2)c2cc(C(F)(F)F)cc(C(F)(F)F)c2)cc(C(F)(F)F)c1. The minimum atomic E-state index is -6.13. The lowest BCUT2D eigenvalue weighted by molar-refractivity contribution is -0.688. The highest BCUT2D eigenvalue weighted by molar-refractivity contribution is 7.20. The van der Waals surface area contributed by atoms with E-state index in [4.69, 9.17) is 4.74 Å². The maximum atomic E-state index is 14.2. The van der Waals surface area contributed by atoms with Crippen molar-refractivity contribution in [2.45, 2.75) is 166 Å². The molecule has 0 spiro atoms. The average molecular weight is 1300 g/mol. The summed E-state index contributed by atoms with van der Waals surface area (Å²) in [7, 11) is 0. The van der Waals surface area contributed by atoms with Gasteiger partial charge in [-0.25, -0.2) is 0 Å². The van der Waals surface area contributed by atoms with E-state index in [-0.39, 0.29) is 0 Å². The fraction of sp³-hybridized carbons (Fsp3) is 0.443. The van der Waals surface area contributed by atoms with E-state index < -0.39 is 195 Å². The lowest BCUT2D eigenvalue weighted by Crippen LogP contribution is -2.75. The molecule has 89 heavy (non-hydrogen) atoms. The van der Waals surface area contributed by atoms with Crippen molar-refractivity contribution in [3.05, 3.63) is 172 Å². The molecule has 5 aromatic carbocycles. The predicted molar refractivity (Wildman–Crippen MR) is 285 cm³/mol. The van der Waals surface area contributed by atoms with E-state index in [2.05, 4.69) is 40.7 Å². The Balaban J connectivity index is 0.000000380. The summed E-state index contributed by atoms with van der Waals surface area (Å²) in [5, 5.41) is 0. The van der Waals surface area contributed by atoms with Crippen molar-refractivity contribution in [2.75, 3.05) is 6.61 Å². The van der Waals surface area contributed by atoms with Crippen molar-refractivity contribution in [1.82, 2.24) is 4.98 Å². The minimum Gasteiger partial charge on any atom is -0.494 e. The van der Waals surface area contributed by atoms with Crippen LogP contribution in [0.25, 0.3) is 0 Å². The normalized spacial score (nSPS) is 13.1. The van der Waals surface area contributed by atoms with Crippen LogP contribution >= 0.6 is 0 Å². The number of aromatic nitrogens is 2. The summed E-state index contributed by atoms with van der Waals surface area (Å²) in [5.41, 5.74) is -28.9. The van der Waals surface area contributed by atoms with Crippen molar-refractivity contribution < 1.29 is 115 Å². The van der Waals surface area contributed by atoms with Gasteiger partial charge in [0.2, 0.25) is 0 Å². The molecule has 490 valence electrons. The second kappa shape index (κ2) is 30.0. The van der Waals surface area contributed by atoms with E-state index in [0.717, 1.165) is 25.3 Å². The predicted octanol–water partition coefficient (Wildman–Crippen LogP) is 19.3. The zero-order valence-electron chi connectivity index (χ0n) is 47.2. The van der Waals surface area contributed by atoms with Crippen molar-refractivity contribution in [2.24, 2.45) is 0 Å². The Hall–Kier alpha value is -6.64. The number of halogens is 24. The molecule has 0 bridgehead atoms. The van der Waals surface area contributed by atoms with Crippen LogP contribution < -0.4 is 31.2 Å². The molecule has 0 saturated carbocycles. The minimum absolute atomic E-state index is 0.691. The third-order valence-corrected chi connectivity index (χ3v) is 14.7. The van der Waals surface area contributed by atoms with Gasteiger partial charge in [-0.3, -0.25) is 4.98 Å². The summed E-state index contributed by atoms with van der Waals surface area (Å²) < 4.78 is 349. The summed E-state index contributed by atoms with van der Waals surface area (Å²) in [4.78, 5) is 4.05. The average Bonchev–Trinajstić information content (AvgIpc) is 0.713. The van der Waals surface area contributed by atoms with Gasteiger partial charge in [0.25, 0.3) is 0 Å². The number of hydrogen-bond acceptors (Lipinski definition) is 2. The topological polar surface area (TPSA) is 26.0 Å². The van der Waals surface area contributed by atoms with Gasteiger partial charge in [-0.2, -0.15) is 132 Å². The quantitative estimate of drug-likeness (QED) is 0.0261. The molecule has 0 aliphatic rings. The van der Waals surface area contributed by atoms with Crippen molar-refractivity contribution in [1.29, 1.82) is 0 Å². The van der Waals surface area contributed by atoms with Gasteiger partial charge in [0, 0.05) is 5.56 Å². The van der Waals surface area contributed by atoms with Gasteiger partial charge >= 0.3 is 49.4 Å². The molecule has 0 radical (unpaired) electrons. The molecule has 1 heterocycles. The molecule has 0 atom stereocenters. The first-order valence-electron chi connectivity index (χ1n) is 28.0. The van der Waals surface area contributed by atoms with Gasteiger partial charge in [-0.1, -0.05) is 152 Å². The Kier molecular flexibility index (Phi) is 24.6. The molecular weight excluding hydrogens is 1240 g/mol. The van der Waals surface area contributed by atoms with Crippen molar-refractivity contribution in [3.63, 3.8) is 0 Å².